The van der Waals surface area contributed by atoms with E-state index in [-0.39, 0.29) is 36.4 Å². The summed E-state index contributed by atoms with van der Waals surface area (Å²) in [6, 6.07) is 14.0. The largest absolute Gasteiger partial charge is 0.484 e. The molecule has 0 aromatic heterocycles. The fraction of sp³-hybridized carbons (Fsp3) is 0.333. The Balaban J connectivity index is 0.00000320. The Morgan fingerprint density at radius 3 is 2.23 bits per heavy atom. The second-order valence-electron chi connectivity index (χ2n) is 6.84. The number of aliphatic imine (C=N–C) groups is 1. The molecule has 30 heavy (non-hydrogen) atoms. The molecule has 1 aliphatic rings. The number of anilines is 1. The lowest BCUT2D eigenvalue weighted by atomic mass is 10.1. The minimum Gasteiger partial charge on any atom is -0.484 e. The lowest BCUT2D eigenvalue weighted by molar-refractivity contribution is -0.119. The van der Waals surface area contributed by atoms with Gasteiger partial charge in [0.1, 0.15) is 11.6 Å². The molecule has 0 spiro atoms. The number of hydrogen-bond donors (Lipinski definition) is 2. The highest BCUT2D eigenvalue weighted by Gasteiger charge is 2.18. The molecule has 1 aliphatic heterocycles. The average molecular weight is 527 g/mol. The first-order valence-corrected chi connectivity index (χ1v) is 9.57. The molecule has 0 atom stereocenters. The highest BCUT2D eigenvalue weighted by atomic mass is 127. The lowest BCUT2D eigenvalue weighted by Gasteiger charge is -2.36. The van der Waals surface area contributed by atoms with Crippen molar-refractivity contribution in [3.8, 4) is 5.75 Å². The van der Waals surface area contributed by atoms with E-state index in [1.54, 1.807) is 24.3 Å². The van der Waals surface area contributed by atoms with Crippen molar-refractivity contribution in [1.29, 1.82) is 0 Å². The van der Waals surface area contributed by atoms with Gasteiger partial charge in [-0.1, -0.05) is 12.1 Å². The van der Waals surface area contributed by atoms with Crippen molar-refractivity contribution in [2.24, 2.45) is 16.5 Å². The fourth-order valence-corrected chi connectivity index (χ4v) is 3.15. The molecule has 162 valence electrons. The normalized spacial score (nSPS) is 14.2. The van der Waals surface area contributed by atoms with E-state index < -0.39 is 5.91 Å². The van der Waals surface area contributed by atoms with Crippen LogP contribution in [0.15, 0.2) is 53.5 Å². The second-order valence-corrected chi connectivity index (χ2v) is 6.84. The Hall–Kier alpha value is -2.56. The summed E-state index contributed by atoms with van der Waals surface area (Å²) in [6.45, 7) is 3.64. The third kappa shape index (κ3) is 7.05. The second kappa shape index (κ2) is 11.6. The molecular weight excluding hydrogens is 500 g/mol. The molecule has 1 saturated heterocycles. The Morgan fingerprint density at radius 2 is 1.63 bits per heavy atom. The van der Waals surface area contributed by atoms with Crippen LogP contribution in [0, 0.1) is 5.82 Å². The van der Waals surface area contributed by atoms with Crippen LogP contribution in [0.25, 0.3) is 0 Å². The summed E-state index contributed by atoms with van der Waals surface area (Å²) in [4.78, 5) is 19.5. The zero-order valence-corrected chi connectivity index (χ0v) is 19.0. The number of hydrogen-bond acceptors (Lipinski definition) is 4. The standard InChI is InChI=1S/C21H26FN5O2.HI/c22-17-3-5-18(6-4-17)26-11-13-27(14-12-26)21(24)25-10-9-16-1-7-19(8-2-16)29-15-20(23)28;/h1-8H,9-15H2,(H2,23,28)(H2,24,25);1H. The number of carbonyl (C=O) groups excluding carboxylic acids is 1. The predicted molar refractivity (Wildman–Crippen MR) is 127 cm³/mol. The number of halogens is 2. The van der Waals surface area contributed by atoms with Crippen LogP contribution < -0.4 is 21.1 Å². The number of carbonyl (C=O) groups is 1. The zero-order chi connectivity index (χ0) is 20.6. The summed E-state index contributed by atoms with van der Waals surface area (Å²) >= 11 is 0. The number of nitrogens with two attached hydrogens (primary N) is 2. The first-order chi connectivity index (χ1) is 14.0. The number of benzene rings is 2. The molecule has 2 aromatic carbocycles. The molecule has 0 radical (unpaired) electrons. The van der Waals surface area contributed by atoms with Gasteiger partial charge < -0.3 is 26.0 Å². The molecule has 0 bridgehead atoms. The molecule has 2 aromatic rings. The molecule has 0 unspecified atom stereocenters. The third-order valence-corrected chi connectivity index (χ3v) is 4.77. The van der Waals surface area contributed by atoms with Crippen LogP contribution in [0.3, 0.4) is 0 Å². The highest BCUT2D eigenvalue weighted by molar-refractivity contribution is 14.0. The van der Waals surface area contributed by atoms with Gasteiger partial charge in [0.05, 0.1) is 0 Å². The Bertz CT molecular complexity index is 837. The van der Waals surface area contributed by atoms with Gasteiger partial charge in [0.15, 0.2) is 12.6 Å². The van der Waals surface area contributed by atoms with Gasteiger partial charge in [-0.25, -0.2) is 4.39 Å². The van der Waals surface area contributed by atoms with Crippen molar-refractivity contribution in [2.75, 3.05) is 44.2 Å². The number of nitrogens with zero attached hydrogens (tertiary/aromatic N) is 3. The van der Waals surface area contributed by atoms with Crippen LogP contribution in [0.1, 0.15) is 5.56 Å². The van der Waals surface area contributed by atoms with Crippen molar-refractivity contribution < 1.29 is 13.9 Å². The molecule has 3 rings (SSSR count). The monoisotopic (exact) mass is 527 g/mol. The van der Waals surface area contributed by atoms with Crippen molar-refractivity contribution in [3.63, 3.8) is 0 Å². The van der Waals surface area contributed by atoms with Gasteiger partial charge in [-0.15, -0.1) is 24.0 Å². The van der Waals surface area contributed by atoms with E-state index in [0.717, 1.165) is 43.9 Å². The van der Waals surface area contributed by atoms with E-state index in [0.29, 0.717) is 18.3 Å². The van der Waals surface area contributed by atoms with Crippen LogP contribution >= 0.6 is 24.0 Å². The fourth-order valence-electron chi connectivity index (χ4n) is 3.15. The summed E-state index contributed by atoms with van der Waals surface area (Å²) in [6.07, 6.45) is 0.756. The number of guanidine groups is 1. The first-order valence-electron chi connectivity index (χ1n) is 9.57. The van der Waals surface area contributed by atoms with Crippen molar-refractivity contribution in [1.82, 2.24) is 4.90 Å². The minimum absolute atomic E-state index is 0. The van der Waals surface area contributed by atoms with Gasteiger partial charge in [0.2, 0.25) is 0 Å². The van der Waals surface area contributed by atoms with Crippen LogP contribution in [0.2, 0.25) is 0 Å². The van der Waals surface area contributed by atoms with Crippen molar-refractivity contribution >= 4 is 41.5 Å². The average Bonchev–Trinajstić information content (AvgIpc) is 2.74. The van der Waals surface area contributed by atoms with Crippen LogP contribution in [0.5, 0.6) is 5.75 Å². The lowest BCUT2D eigenvalue weighted by Crippen LogP contribution is -2.51. The van der Waals surface area contributed by atoms with Crippen LogP contribution in [-0.2, 0) is 11.2 Å². The van der Waals surface area contributed by atoms with E-state index in [4.69, 9.17) is 16.2 Å². The van der Waals surface area contributed by atoms with Crippen LogP contribution in [-0.4, -0.2) is 56.1 Å². The maximum atomic E-state index is 13.1. The number of primary amides is 1. The van der Waals surface area contributed by atoms with Crippen molar-refractivity contribution in [2.45, 2.75) is 6.42 Å². The number of amides is 1. The van der Waals surface area contributed by atoms with E-state index in [2.05, 4.69) is 14.8 Å². The maximum Gasteiger partial charge on any atom is 0.255 e. The Morgan fingerprint density at radius 1 is 1.00 bits per heavy atom. The van der Waals surface area contributed by atoms with Gasteiger partial charge in [-0.05, 0) is 48.4 Å². The summed E-state index contributed by atoms with van der Waals surface area (Å²) in [5.41, 5.74) is 13.3. The molecular formula is C21H27FIN5O2. The SMILES string of the molecule is I.NC(=O)COc1ccc(CCN=C(N)N2CCN(c3ccc(F)cc3)CC2)cc1. The zero-order valence-electron chi connectivity index (χ0n) is 16.7. The van der Waals surface area contributed by atoms with Gasteiger partial charge in [-0.2, -0.15) is 0 Å². The van der Waals surface area contributed by atoms with E-state index in [9.17, 15) is 9.18 Å². The maximum absolute atomic E-state index is 13.1. The van der Waals surface area contributed by atoms with Gasteiger partial charge in [-0.3, -0.25) is 9.79 Å². The minimum atomic E-state index is -0.502. The molecule has 1 fully saturated rings. The van der Waals surface area contributed by atoms with Gasteiger partial charge in [0, 0.05) is 38.4 Å². The molecule has 4 N–H and O–H groups in total. The summed E-state index contributed by atoms with van der Waals surface area (Å²) < 4.78 is 18.3. The van der Waals surface area contributed by atoms with Gasteiger partial charge in [0.25, 0.3) is 5.91 Å². The summed E-state index contributed by atoms with van der Waals surface area (Å²) in [7, 11) is 0. The third-order valence-electron chi connectivity index (χ3n) is 4.77. The highest BCUT2D eigenvalue weighted by Crippen LogP contribution is 2.17. The Labute approximate surface area is 192 Å². The van der Waals surface area contributed by atoms with E-state index in [1.807, 2.05) is 12.1 Å². The number of ether oxygens (including phenoxy) is 1. The van der Waals surface area contributed by atoms with E-state index in [1.165, 1.54) is 12.1 Å². The molecule has 0 aliphatic carbocycles. The predicted octanol–water partition coefficient (Wildman–Crippen LogP) is 1.99. The van der Waals surface area contributed by atoms with E-state index >= 15 is 0 Å². The molecule has 1 heterocycles. The van der Waals surface area contributed by atoms with Gasteiger partial charge >= 0.3 is 0 Å². The molecule has 1 amide bonds. The number of piperazine rings is 1. The van der Waals surface area contributed by atoms with Crippen molar-refractivity contribution in [3.05, 3.63) is 59.9 Å². The number of rotatable bonds is 7. The summed E-state index contributed by atoms with van der Waals surface area (Å²) in [5, 5.41) is 0. The molecule has 7 nitrogen and oxygen atoms in total. The molecule has 0 saturated carbocycles. The summed E-state index contributed by atoms with van der Waals surface area (Å²) in [5.74, 6) is 0.425. The van der Waals surface area contributed by atoms with Crippen LogP contribution in [0.4, 0.5) is 10.1 Å². The Kier molecular flexibility index (Phi) is 9.15. The molecule has 9 heteroatoms. The smallest absolute Gasteiger partial charge is 0.255 e. The topological polar surface area (TPSA) is 97.2 Å². The first kappa shape index (κ1) is 23.7. The quantitative estimate of drug-likeness (QED) is 0.326.